The molecule has 6 heteroatoms. The first-order chi connectivity index (χ1) is 9.35. The second-order valence-electron chi connectivity index (χ2n) is 4.52. The Balaban J connectivity index is 2.14. The van der Waals surface area contributed by atoms with Gasteiger partial charge >= 0.3 is 6.36 Å². The average Bonchev–Trinajstić information content (AvgIpc) is 2.37. The summed E-state index contributed by atoms with van der Waals surface area (Å²) in [6, 6.07) is 5.89. The summed E-state index contributed by atoms with van der Waals surface area (Å²) < 4.78 is 40.4. The van der Waals surface area contributed by atoms with Crippen LogP contribution in [-0.2, 0) is 4.79 Å². The number of alkyl halides is 3. The molecule has 0 radical (unpaired) electrons. The van der Waals surface area contributed by atoms with Crippen molar-refractivity contribution in [2.75, 3.05) is 13.1 Å². The van der Waals surface area contributed by atoms with Crippen molar-refractivity contribution < 1.29 is 22.7 Å². The summed E-state index contributed by atoms with van der Waals surface area (Å²) in [5, 5.41) is 0. The van der Waals surface area contributed by atoms with Gasteiger partial charge in [0.1, 0.15) is 5.75 Å². The van der Waals surface area contributed by atoms with E-state index in [0.717, 1.165) is 5.57 Å². The van der Waals surface area contributed by atoms with Crippen molar-refractivity contribution in [1.82, 2.24) is 4.90 Å². The topological polar surface area (TPSA) is 29.5 Å². The van der Waals surface area contributed by atoms with E-state index in [1.807, 2.05) is 6.08 Å². The zero-order chi connectivity index (χ0) is 14.8. The van der Waals surface area contributed by atoms with E-state index in [1.54, 1.807) is 11.0 Å². The van der Waals surface area contributed by atoms with Crippen LogP contribution >= 0.6 is 0 Å². The van der Waals surface area contributed by atoms with Crippen molar-refractivity contribution >= 4 is 11.5 Å². The van der Waals surface area contributed by atoms with Crippen LogP contribution in [0.5, 0.6) is 5.75 Å². The molecule has 0 bridgehead atoms. The van der Waals surface area contributed by atoms with Gasteiger partial charge in [-0.1, -0.05) is 18.2 Å². The molecule has 0 spiro atoms. The van der Waals surface area contributed by atoms with Crippen LogP contribution in [0.15, 0.2) is 30.3 Å². The van der Waals surface area contributed by atoms with Crippen LogP contribution in [0.3, 0.4) is 0 Å². The highest BCUT2D eigenvalue weighted by Gasteiger charge is 2.31. The van der Waals surface area contributed by atoms with Crippen molar-refractivity contribution in [2.24, 2.45) is 0 Å². The van der Waals surface area contributed by atoms with Crippen molar-refractivity contribution in [3.63, 3.8) is 0 Å². The van der Waals surface area contributed by atoms with Crippen molar-refractivity contribution in [3.8, 4) is 5.75 Å². The highest BCUT2D eigenvalue weighted by atomic mass is 19.4. The molecule has 108 valence electrons. The van der Waals surface area contributed by atoms with Crippen molar-refractivity contribution in [2.45, 2.75) is 19.7 Å². The maximum atomic E-state index is 12.2. The molecule has 1 aromatic carbocycles. The SMILES string of the molecule is CC(=O)N1CC=C(c2cccc(OC(F)(F)F)c2)CC1. The van der Waals surface area contributed by atoms with Gasteiger partial charge in [0.05, 0.1) is 0 Å². The number of halogens is 3. The van der Waals surface area contributed by atoms with Gasteiger partial charge in [0.2, 0.25) is 5.91 Å². The lowest BCUT2D eigenvalue weighted by molar-refractivity contribution is -0.274. The number of amides is 1. The highest BCUT2D eigenvalue weighted by molar-refractivity contribution is 5.76. The number of carbonyl (C=O) groups excluding carboxylic acids is 1. The number of hydrogen-bond donors (Lipinski definition) is 0. The second kappa shape index (κ2) is 5.56. The number of ether oxygens (including phenoxy) is 1. The van der Waals surface area contributed by atoms with Gasteiger partial charge in [0.25, 0.3) is 0 Å². The molecule has 0 aliphatic carbocycles. The van der Waals surface area contributed by atoms with Gasteiger partial charge in [-0.3, -0.25) is 4.79 Å². The quantitative estimate of drug-likeness (QED) is 0.835. The molecule has 0 saturated carbocycles. The minimum atomic E-state index is -4.69. The third-order valence-corrected chi connectivity index (χ3v) is 3.09. The predicted octanol–water partition coefficient (Wildman–Crippen LogP) is 3.22. The molecule has 1 aliphatic heterocycles. The van der Waals surface area contributed by atoms with E-state index in [0.29, 0.717) is 25.1 Å². The number of benzene rings is 1. The van der Waals surface area contributed by atoms with Crippen LogP contribution < -0.4 is 4.74 Å². The third kappa shape index (κ3) is 3.76. The van der Waals surface area contributed by atoms with E-state index >= 15 is 0 Å². The fourth-order valence-electron chi connectivity index (χ4n) is 2.11. The summed E-state index contributed by atoms with van der Waals surface area (Å²) >= 11 is 0. The number of rotatable bonds is 2. The Bertz CT molecular complexity index is 537. The molecule has 0 atom stereocenters. The van der Waals surface area contributed by atoms with Crippen LogP contribution in [0.25, 0.3) is 5.57 Å². The van der Waals surface area contributed by atoms with Gasteiger partial charge < -0.3 is 9.64 Å². The summed E-state index contributed by atoms with van der Waals surface area (Å²) in [7, 11) is 0. The number of hydrogen-bond acceptors (Lipinski definition) is 2. The van der Waals surface area contributed by atoms with Gasteiger partial charge in [-0.25, -0.2) is 0 Å². The van der Waals surface area contributed by atoms with Crippen molar-refractivity contribution in [3.05, 3.63) is 35.9 Å². The maximum Gasteiger partial charge on any atom is 0.573 e. The maximum absolute atomic E-state index is 12.2. The van der Waals surface area contributed by atoms with Gasteiger partial charge in [0, 0.05) is 20.0 Å². The molecule has 0 unspecified atom stereocenters. The van der Waals surface area contributed by atoms with E-state index in [9.17, 15) is 18.0 Å². The summed E-state index contributed by atoms with van der Waals surface area (Å²) in [6.45, 7) is 2.55. The van der Waals surface area contributed by atoms with Crippen LogP contribution in [0, 0.1) is 0 Å². The number of nitrogens with zero attached hydrogens (tertiary/aromatic N) is 1. The van der Waals surface area contributed by atoms with Crippen LogP contribution in [0.4, 0.5) is 13.2 Å². The largest absolute Gasteiger partial charge is 0.573 e. The first-order valence-corrected chi connectivity index (χ1v) is 6.16. The van der Waals surface area contributed by atoms with Crippen LogP contribution in [0.2, 0.25) is 0 Å². The lowest BCUT2D eigenvalue weighted by Crippen LogP contribution is -2.32. The molecule has 1 aromatic rings. The minimum Gasteiger partial charge on any atom is -0.406 e. The molecule has 0 N–H and O–H groups in total. The van der Waals surface area contributed by atoms with Gasteiger partial charge in [-0.2, -0.15) is 0 Å². The van der Waals surface area contributed by atoms with E-state index in [2.05, 4.69) is 4.74 Å². The van der Waals surface area contributed by atoms with Crippen LogP contribution in [0.1, 0.15) is 18.9 Å². The van der Waals surface area contributed by atoms with Gasteiger partial charge in [0.15, 0.2) is 0 Å². The molecule has 0 saturated heterocycles. The molecule has 1 amide bonds. The minimum absolute atomic E-state index is 0.00513. The normalized spacial score (nSPS) is 15.8. The summed E-state index contributed by atoms with van der Waals surface area (Å²) in [5.41, 5.74) is 1.62. The molecular weight excluding hydrogens is 271 g/mol. The average molecular weight is 285 g/mol. The Morgan fingerprint density at radius 1 is 1.35 bits per heavy atom. The Morgan fingerprint density at radius 3 is 2.65 bits per heavy atom. The fraction of sp³-hybridized carbons (Fsp3) is 0.357. The lowest BCUT2D eigenvalue weighted by Gasteiger charge is -2.25. The first-order valence-electron chi connectivity index (χ1n) is 6.16. The van der Waals surface area contributed by atoms with E-state index in [-0.39, 0.29) is 11.7 Å². The Hall–Kier alpha value is -1.98. The fourth-order valence-corrected chi connectivity index (χ4v) is 2.11. The lowest BCUT2D eigenvalue weighted by atomic mass is 9.99. The molecular formula is C14H14F3NO2. The first kappa shape index (κ1) is 14.4. The summed E-state index contributed by atoms with van der Waals surface area (Å²) in [4.78, 5) is 12.9. The summed E-state index contributed by atoms with van der Waals surface area (Å²) in [5.74, 6) is -0.237. The molecule has 3 nitrogen and oxygen atoms in total. The van der Waals surface area contributed by atoms with Crippen LogP contribution in [-0.4, -0.2) is 30.3 Å². The Morgan fingerprint density at radius 2 is 2.10 bits per heavy atom. The standard InChI is InChI=1S/C14H14F3NO2/c1-10(19)18-7-5-11(6-8-18)12-3-2-4-13(9-12)20-14(15,16)17/h2-5,9H,6-8H2,1H3. The smallest absolute Gasteiger partial charge is 0.406 e. The predicted molar refractivity (Wildman–Crippen MR) is 68.0 cm³/mol. The molecule has 1 heterocycles. The van der Waals surface area contributed by atoms with Gasteiger partial charge in [-0.05, 0) is 29.7 Å². The molecule has 0 fully saturated rings. The highest BCUT2D eigenvalue weighted by Crippen LogP contribution is 2.28. The van der Waals surface area contributed by atoms with E-state index in [1.165, 1.54) is 25.1 Å². The second-order valence-corrected chi connectivity index (χ2v) is 4.52. The molecule has 20 heavy (non-hydrogen) atoms. The zero-order valence-electron chi connectivity index (χ0n) is 10.9. The number of carbonyl (C=O) groups is 1. The Labute approximate surface area is 114 Å². The molecule has 0 aromatic heterocycles. The monoisotopic (exact) mass is 285 g/mol. The van der Waals surface area contributed by atoms with E-state index < -0.39 is 6.36 Å². The van der Waals surface area contributed by atoms with Gasteiger partial charge in [-0.15, -0.1) is 13.2 Å². The molecule has 2 rings (SSSR count). The van der Waals surface area contributed by atoms with E-state index in [4.69, 9.17) is 0 Å². The van der Waals surface area contributed by atoms with Crippen molar-refractivity contribution in [1.29, 1.82) is 0 Å². The Kier molecular flexibility index (Phi) is 4.01. The zero-order valence-corrected chi connectivity index (χ0v) is 10.9. The molecule has 1 aliphatic rings. The summed E-state index contributed by atoms with van der Waals surface area (Å²) in [6.07, 6.45) is -2.21. The third-order valence-electron chi connectivity index (χ3n) is 3.09.